The SMILES string of the molecule is CC(C)c1nc(Br)cc(-c2cc(F)cc(Cl)c2)n1. The van der Waals surface area contributed by atoms with E-state index in [0.29, 0.717) is 26.7 Å². The van der Waals surface area contributed by atoms with Crippen molar-refractivity contribution in [3.63, 3.8) is 0 Å². The Hall–Kier alpha value is -1.00. The lowest BCUT2D eigenvalue weighted by atomic mass is 10.1. The highest BCUT2D eigenvalue weighted by atomic mass is 79.9. The molecule has 2 nitrogen and oxygen atoms in total. The van der Waals surface area contributed by atoms with Gasteiger partial charge in [-0.3, -0.25) is 0 Å². The largest absolute Gasteiger partial charge is 0.233 e. The molecule has 0 aliphatic heterocycles. The fourth-order valence-corrected chi connectivity index (χ4v) is 2.16. The number of aromatic nitrogens is 2. The van der Waals surface area contributed by atoms with Gasteiger partial charge in [-0.25, -0.2) is 14.4 Å². The average Bonchev–Trinajstić information content (AvgIpc) is 2.26. The highest BCUT2D eigenvalue weighted by molar-refractivity contribution is 9.10. The van der Waals surface area contributed by atoms with E-state index in [9.17, 15) is 4.39 Å². The number of hydrogen-bond acceptors (Lipinski definition) is 2. The van der Waals surface area contributed by atoms with Gasteiger partial charge in [0.05, 0.1) is 5.69 Å². The second-order valence-corrected chi connectivity index (χ2v) is 5.50. The summed E-state index contributed by atoms with van der Waals surface area (Å²) in [6.07, 6.45) is 0. The Morgan fingerprint density at radius 3 is 2.50 bits per heavy atom. The summed E-state index contributed by atoms with van der Waals surface area (Å²) in [7, 11) is 0. The smallest absolute Gasteiger partial charge is 0.132 e. The van der Waals surface area contributed by atoms with E-state index in [1.165, 1.54) is 12.1 Å². The average molecular weight is 330 g/mol. The molecule has 0 aliphatic carbocycles. The van der Waals surface area contributed by atoms with Crippen LogP contribution >= 0.6 is 27.5 Å². The molecule has 0 N–H and O–H groups in total. The molecule has 0 radical (unpaired) electrons. The van der Waals surface area contributed by atoms with Gasteiger partial charge >= 0.3 is 0 Å². The van der Waals surface area contributed by atoms with Gasteiger partial charge in [-0.1, -0.05) is 25.4 Å². The second kappa shape index (κ2) is 5.33. The first-order valence-electron chi connectivity index (χ1n) is 5.46. The van der Waals surface area contributed by atoms with Crippen LogP contribution in [0.2, 0.25) is 5.02 Å². The Morgan fingerprint density at radius 1 is 1.17 bits per heavy atom. The second-order valence-electron chi connectivity index (χ2n) is 4.25. The minimum atomic E-state index is -0.377. The van der Waals surface area contributed by atoms with E-state index in [-0.39, 0.29) is 11.7 Å². The maximum atomic E-state index is 13.3. The Kier molecular flexibility index (Phi) is 3.97. The van der Waals surface area contributed by atoms with Gasteiger partial charge in [-0.2, -0.15) is 0 Å². The van der Waals surface area contributed by atoms with E-state index in [1.54, 1.807) is 12.1 Å². The summed E-state index contributed by atoms with van der Waals surface area (Å²) < 4.78 is 14.0. The van der Waals surface area contributed by atoms with Gasteiger partial charge in [0.15, 0.2) is 0 Å². The van der Waals surface area contributed by atoms with Crippen LogP contribution in [0.15, 0.2) is 28.9 Å². The fraction of sp³-hybridized carbons (Fsp3) is 0.231. The molecule has 0 saturated carbocycles. The quantitative estimate of drug-likeness (QED) is 0.738. The van der Waals surface area contributed by atoms with E-state index in [1.807, 2.05) is 13.8 Å². The number of rotatable bonds is 2. The molecule has 0 amide bonds. The molecule has 1 aromatic heterocycles. The molecule has 0 spiro atoms. The minimum absolute atomic E-state index is 0.199. The predicted molar refractivity (Wildman–Crippen MR) is 74.2 cm³/mol. The highest BCUT2D eigenvalue weighted by Crippen LogP contribution is 2.26. The van der Waals surface area contributed by atoms with Crippen LogP contribution in [0, 0.1) is 5.82 Å². The first kappa shape index (κ1) is 13.4. The van der Waals surface area contributed by atoms with Crippen LogP contribution in [-0.2, 0) is 0 Å². The van der Waals surface area contributed by atoms with Crippen molar-refractivity contribution in [1.29, 1.82) is 0 Å². The highest BCUT2D eigenvalue weighted by Gasteiger charge is 2.10. The summed E-state index contributed by atoms with van der Waals surface area (Å²) in [4.78, 5) is 8.70. The lowest BCUT2D eigenvalue weighted by molar-refractivity contribution is 0.628. The molecule has 0 saturated heterocycles. The molecule has 2 rings (SSSR count). The first-order chi connectivity index (χ1) is 8.45. The van der Waals surface area contributed by atoms with E-state index in [4.69, 9.17) is 11.6 Å². The van der Waals surface area contributed by atoms with Crippen molar-refractivity contribution in [1.82, 2.24) is 9.97 Å². The third-order valence-electron chi connectivity index (χ3n) is 2.39. The lowest BCUT2D eigenvalue weighted by Gasteiger charge is -2.08. The van der Waals surface area contributed by atoms with Gasteiger partial charge in [0.1, 0.15) is 16.2 Å². The molecule has 2 aromatic rings. The number of hydrogen-bond donors (Lipinski definition) is 0. The Morgan fingerprint density at radius 2 is 1.89 bits per heavy atom. The van der Waals surface area contributed by atoms with Gasteiger partial charge in [-0.15, -0.1) is 0 Å². The van der Waals surface area contributed by atoms with Crippen molar-refractivity contribution in [2.45, 2.75) is 19.8 Å². The molecule has 0 fully saturated rings. The standard InChI is InChI=1S/C13H11BrClFN2/c1-7(2)13-17-11(6-12(14)18-13)8-3-9(15)5-10(16)4-8/h3-7H,1-2H3. The predicted octanol–water partition coefficient (Wildman–Crippen LogP) is 4.82. The molecule has 94 valence electrons. The monoisotopic (exact) mass is 328 g/mol. The van der Waals surface area contributed by atoms with Crippen LogP contribution in [0.3, 0.4) is 0 Å². The summed E-state index contributed by atoms with van der Waals surface area (Å²) in [5.41, 5.74) is 1.30. The van der Waals surface area contributed by atoms with E-state index >= 15 is 0 Å². The van der Waals surface area contributed by atoms with Gasteiger partial charge in [0.25, 0.3) is 0 Å². The molecule has 0 bridgehead atoms. The number of halogens is 3. The molecule has 1 aromatic carbocycles. The third-order valence-corrected chi connectivity index (χ3v) is 3.01. The van der Waals surface area contributed by atoms with Crippen LogP contribution < -0.4 is 0 Å². The van der Waals surface area contributed by atoms with Gasteiger partial charge in [0, 0.05) is 16.5 Å². The first-order valence-corrected chi connectivity index (χ1v) is 6.64. The molecular weight excluding hydrogens is 319 g/mol. The Balaban J connectivity index is 2.56. The van der Waals surface area contributed by atoms with Crippen LogP contribution in [0.5, 0.6) is 0 Å². The van der Waals surface area contributed by atoms with E-state index in [2.05, 4.69) is 25.9 Å². The summed E-state index contributed by atoms with van der Waals surface area (Å²) in [6.45, 7) is 4.01. The molecule has 0 unspecified atom stereocenters. The molecule has 5 heteroatoms. The van der Waals surface area contributed by atoms with Crippen molar-refractivity contribution in [3.8, 4) is 11.3 Å². The summed E-state index contributed by atoms with van der Waals surface area (Å²) in [5.74, 6) is 0.531. The zero-order valence-electron chi connectivity index (χ0n) is 9.92. The van der Waals surface area contributed by atoms with Crippen LogP contribution in [0.1, 0.15) is 25.6 Å². The molecule has 0 aliphatic rings. The normalized spacial score (nSPS) is 11.0. The van der Waals surface area contributed by atoms with E-state index < -0.39 is 0 Å². The Bertz CT molecular complexity index is 567. The molecular formula is C13H11BrClFN2. The molecule has 18 heavy (non-hydrogen) atoms. The Labute approximate surface area is 118 Å². The van der Waals surface area contributed by atoms with Crippen molar-refractivity contribution < 1.29 is 4.39 Å². The van der Waals surface area contributed by atoms with Crippen molar-refractivity contribution in [3.05, 3.63) is 45.5 Å². The number of benzene rings is 1. The van der Waals surface area contributed by atoms with Crippen LogP contribution in [0.4, 0.5) is 4.39 Å². The van der Waals surface area contributed by atoms with Gasteiger partial charge in [0.2, 0.25) is 0 Å². The van der Waals surface area contributed by atoms with Crippen molar-refractivity contribution in [2.24, 2.45) is 0 Å². The zero-order valence-corrected chi connectivity index (χ0v) is 12.3. The summed E-state index contributed by atoms with van der Waals surface area (Å²) >= 11 is 9.18. The molecule has 1 heterocycles. The van der Waals surface area contributed by atoms with Crippen LogP contribution in [0.25, 0.3) is 11.3 Å². The van der Waals surface area contributed by atoms with Crippen molar-refractivity contribution in [2.75, 3.05) is 0 Å². The maximum absolute atomic E-state index is 13.3. The van der Waals surface area contributed by atoms with Gasteiger partial charge < -0.3 is 0 Å². The fourth-order valence-electron chi connectivity index (χ4n) is 1.54. The lowest BCUT2D eigenvalue weighted by Crippen LogP contribution is -1.99. The molecule has 0 atom stereocenters. The topological polar surface area (TPSA) is 25.8 Å². The minimum Gasteiger partial charge on any atom is -0.233 e. The van der Waals surface area contributed by atoms with Crippen LogP contribution in [-0.4, -0.2) is 9.97 Å². The summed E-state index contributed by atoms with van der Waals surface area (Å²) in [6, 6.07) is 6.11. The number of nitrogens with zero attached hydrogens (tertiary/aromatic N) is 2. The maximum Gasteiger partial charge on any atom is 0.132 e. The van der Waals surface area contributed by atoms with Gasteiger partial charge in [-0.05, 0) is 40.2 Å². The van der Waals surface area contributed by atoms with Crippen molar-refractivity contribution >= 4 is 27.5 Å². The van der Waals surface area contributed by atoms with E-state index in [0.717, 1.165) is 0 Å². The third kappa shape index (κ3) is 3.06. The zero-order chi connectivity index (χ0) is 13.3. The summed E-state index contributed by atoms with van der Waals surface area (Å²) in [5, 5.41) is 0.353.